The molecule has 0 amide bonds. The SMILES string of the molecule is CCCCCCC(C=O)=Cc1cccs1. The van der Waals surface area contributed by atoms with Crippen LogP contribution in [0.5, 0.6) is 0 Å². The summed E-state index contributed by atoms with van der Waals surface area (Å²) in [7, 11) is 0. The van der Waals surface area contributed by atoms with Gasteiger partial charge in [-0.3, -0.25) is 4.79 Å². The summed E-state index contributed by atoms with van der Waals surface area (Å²) in [6.45, 7) is 2.20. The molecule has 0 aliphatic carbocycles. The van der Waals surface area contributed by atoms with Crippen molar-refractivity contribution in [2.75, 3.05) is 0 Å². The molecule has 0 atom stereocenters. The predicted molar refractivity (Wildman–Crippen MR) is 67.1 cm³/mol. The fourth-order valence-corrected chi connectivity index (χ4v) is 2.17. The molecular weight excluding hydrogens is 204 g/mol. The van der Waals surface area contributed by atoms with Crippen molar-refractivity contribution in [3.63, 3.8) is 0 Å². The lowest BCUT2D eigenvalue weighted by atomic mass is 10.1. The molecule has 0 fully saturated rings. The van der Waals surface area contributed by atoms with Crippen LogP contribution in [0.1, 0.15) is 43.9 Å². The Morgan fingerprint density at radius 1 is 1.40 bits per heavy atom. The van der Waals surface area contributed by atoms with Crippen LogP contribution in [0, 0.1) is 0 Å². The van der Waals surface area contributed by atoms with Gasteiger partial charge in [0, 0.05) is 4.88 Å². The quantitative estimate of drug-likeness (QED) is 0.382. The number of unbranched alkanes of at least 4 members (excludes halogenated alkanes) is 3. The molecule has 0 radical (unpaired) electrons. The van der Waals surface area contributed by atoms with Crippen molar-refractivity contribution in [1.29, 1.82) is 0 Å². The first-order valence-electron chi connectivity index (χ1n) is 5.56. The van der Waals surface area contributed by atoms with Gasteiger partial charge in [-0.15, -0.1) is 11.3 Å². The van der Waals surface area contributed by atoms with E-state index in [1.54, 1.807) is 11.3 Å². The van der Waals surface area contributed by atoms with Crippen molar-refractivity contribution < 1.29 is 4.79 Å². The lowest BCUT2D eigenvalue weighted by Gasteiger charge is -1.99. The maximum atomic E-state index is 10.8. The van der Waals surface area contributed by atoms with Crippen LogP contribution >= 0.6 is 11.3 Å². The van der Waals surface area contributed by atoms with Crippen molar-refractivity contribution in [2.24, 2.45) is 0 Å². The predicted octanol–water partition coefficient (Wildman–Crippen LogP) is 4.30. The van der Waals surface area contributed by atoms with Crippen LogP contribution in [0.4, 0.5) is 0 Å². The van der Waals surface area contributed by atoms with Gasteiger partial charge < -0.3 is 0 Å². The maximum Gasteiger partial charge on any atom is 0.146 e. The molecule has 1 heterocycles. The largest absolute Gasteiger partial charge is 0.298 e. The Balaban J connectivity index is 2.39. The van der Waals surface area contributed by atoms with Gasteiger partial charge in [0.25, 0.3) is 0 Å². The number of carbonyl (C=O) groups excluding carboxylic acids is 1. The molecule has 1 rings (SSSR count). The molecule has 0 saturated carbocycles. The van der Waals surface area contributed by atoms with E-state index in [2.05, 4.69) is 6.92 Å². The highest BCUT2D eigenvalue weighted by Gasteiger charge is 1.97. The molecule has 15 heavy (non-hydrogen) atoms. The summed E-state index contributed by atoms with van der Waals surface area (Å²) in [5, 5.41) is 2.03. The highest BCUT2D eigenvalue weighted by Crippen LogP contribution is 2.16. The van der Waals surface area contributed by atoms with E-state index < -0.39 is 0 Å². The van der Waals surface area contributed by atoms with Crippen molar-refractivity contribution in [3.05, 3.63) is 28.0 Å². The molecule has 0 aliphatic heterocycles. The fourth-order valence-electron chi connectivity index (χ4n) is 1.48. The van der Waals surface area contributed by atoms with E-state index in [4.69, 9.17) is 0 Å². The average Bonchev–Trinajstić information content (AvgIpc) is 2.75. The standard InChI is InChI=1S/C13H18OS/c1-2-3-4-5-7-12(11-14)10-13-8-6-9-15-13/h6,8-11H,2-5,7H2,1H3. The van der Waals surface area contributed by atoms with Crippen LogP contribution in [-0.4, -0.2) is 6.29 Å². The number of thiophene rings is 1. The zero-order valence-corrected chi connectivity index (χ0v) is 10.1. The molecule has 0 aliphatic rings. The first-order valence-corrected chi connectivity index (χ1v) is 6.44. The second kappa shape index (κ2) is 7.41. The number of aldehydes is 1. The zero-order chi connectivity index (χ0) is 10.9. The zero-order valence-electron chi connectivity index (χ0n) is 9.24. The first kappa shape index (κ1) is 12.2. The summed E-state index contributed by atoms with van der Waals surface area (Å²) >= 11 is 1.68. The molecule has 0 saturated heterocycles. The van der Waals surface area contributed by atoms with Gasteiger partial charge in [0.05, 0.1) is 0 Å². The van der Waals surface area contributed by atoms with E-state index in [0.29, 0.717) is 0 Å². The molecule has 0 aromatic carbocycles. The monoisotopic (exact) mass is 222 g/mol. The van der Waals surface area contributed by atoms with Gasteiger partial charge in [-0.2, -0.15) is 0 Å². The Labute approximate surface area is 95.8 Å². The van der Waals surface area contributed by atoms with E-state index in [1.165, 1.54) is 24.1 Å². The second-order valence-corrected chi connectivity index (χ2v) is 4.64. The third-order valence-corrected chi connectivity index (χ3v) is 3.16. The number of hydrogen-bond acceptors (Lipinski definition) is 2. The van der Waals surface area contributed by atoms with E-state index in [-0.39, 0.29) is 0 Å². The van der Waals surface area contributed by atoms with Gasteiger partial charge in [0.1, 0.15) is 6.29 Å². The minimum atomic E-state index is 0.918. The number of allylic oxidation sites excluding steroid dienone is 1. The van der Waals surface area contributed by atoms with E-state index in [9.17, 15) is 4.79 Å². The third kappa shape index (κ3) is 4.93. The molecule has 2 heteroatoms. The minimum Gasteiger partial charge on any atom is -0.298 e. The second-order valence-electron chi connectivity index (χ2n) is 3.66. The van der Waals surface area contributed by atoms with Crippen LogP contribution < -0.4 is 0 Å². The molecule has 0 unspecified atom stereocenters. The van der Waals surface area contributed by atoms with Crippen molar-refractivity contribution in [3.8, 4) is 0 Å². The highest BCUT2D eigenvalue weighted by molar-refractivity contribution is 7.10. The molecular formula is C13H18OS. The number of rotatable bonds is 7. The average molecular weight is 222 g/mol. The van der Waals surface area contributed by atoms with Gasteiger partial charge in [-0.25, -0.2) is 0 Å². The van der Waals surface area contributed by atoms with Gasteiger partial charge in [0.15, 0.2) is 0 Å². The number of carbonyl (C=O) groups is 1. The Morgan fingerprint density at radius 3 is 2.87 bits per heavy atom. The van der Waals surface area contributed by atoms with Crippen LogP contribution in [0.2, 0.25) is 0 Å². The topological polar surface area (TPSA) is 17.1 Å². The Kier molecular flexibility index (Phi) is 6.02. The van der Waals surface area contributed by atoms with Gasteiger partial charge in [-0.05, 0) is 35.9 Å². The summed E-state index contributed by atoms with van der Waals surface area (Å²) in [5.41, 5.74) is 0.925. The van der Waals surface area contributed by atoms with Crippen LogP contribution in [0.15, 0.2) is 23.1 Å². The van der Waals surface area contributed by atoms with Crippen molar-refractivity contribution >= 4 is 23.7 Å². The Hall–Kier alpha value is -0.890. The van der Waals surface area contributed by atoms with E-state index >= 15 is 0 Å². The van der Waals surface area contributed by atoms with E-state index in [1.807, 2.05) is 23.6 Å². The Bertz CT molecular complexity index is 298. The molecule has 0 N–H and O–H groups in total. The van der Waals surface area contributed by atoms with E-state index in [0.717, 1.165) is 24.7 Å². The summed E-state index contributed by atoms with van der Waals surface area (Å²) < 4.78 is 0. The lowest BCUT2D eigenvalue weighted by molar-refractivity contribution is -0.105. The van der Waals surface area contributed by atoms with Crippen molar-refractivity contribution in [2.45, 2.75) is 39.0 Å². The highest BCUT2D eigenvalue weighted by atomic mass is 32.1. The normalized spacial score (nSPS) is 11.7. The summed E-state index contributed by atoms with van der Waals surface area (Å²) in [4.78, 5) is 12.0. The lowest BCUT2D eigenvalue weighted by Crippen LogP contribution is -1.85. The fraction of sp³-hybridized carbons (Fsp3) is 0.462. The van der Waals surface area contributed by atoms with Crippen LogP contribution in [0.3, 0.4) is 0 Å². The molecule has 1 aromatic rings. The smallest absolute Gasteiger partial charge is 0.146 e. The molecule has 0 spiro atoms. The minimum absolute atomic E-state index is 0.918. The first-order chi connectivity index (χ1) is 7.36. The van der Waals surface area contributed by atoms with Crippen molar-refractivity contribution in [1.82, 2.24) is 0 Å². The summed E-state index contributed by atoms with van der Waals surface area (Å²) in [6.07, 6.45) is 8.78. The Morgan fingerprint density at radius 2 is 2.27 bits per heavy atom. The molecule has 1 nitrogen and oxygen atoms in total. The maximum absolute atomic E-state index is 10.8. The van der Waals surface area contributed by atoms with Crippen LogP contribution in [0.25, 0.3) is 6.08 Å². The molecule has 82 valence electrons. The molecule has 1 aromatic heterocycles. The van der Waals surface area contributed by atoms with Gasteiger partial charge >= 0.3 is 0 Å². The number of hydrogen-bond donors (Lipinski definition) is 0. The summed E-state index contributed by atoms with van der Waals surface area (Å²) in [6, 6.07) is 4.05. The van der Waals surface area contributed by atoms with Crippen LogP contribution in [-0.2, 0) is 4.79 Å². The van der Waals surface area contributed by atoms with Gasteiger partial charge in [-0.1, -0.05) is 32.3 Å². The van der Waals surface area contributed by atoms with Gasteiger partial charge in [0.2, 0.25) is 0 Å². The summed E-state index contributed by atoms with van der Waals surface area (Å²) in [5.74, 6) is 0. The molecule has 0 bridgehead atoms. The third-order valence-electron chi connectivity index (χ3n) is 2.34.